The largest absolute Gasteiger partial charge is 0.329 e. The minimum absolute atomic E-state index is 0.322. The molecule has 1 aromatic rings. The van der Waals surface area contributed by atoms with Crippen LogP contribution in [0.5, 0.6) is 0 Å². The van der Waals surface area contributed by atoms with Crippen molar-refractivity contribution >= 4 is 0 Å². The average Bonchev–Trinajstić information content (AvgIpc) is 2.41. The zero-order chi connectivity index (χ0) is 13.0. The lowest BCUT2D eigenvalue weighted by Gasteiger charge is -2.38. The van der Waals surface area contributed by atoms with E-state index in [0.29, 0.717) is 18.6 Å². The van der Waals surface area contributed by atoms with Crippen LogP contribution in [0.15, 0.2) is 24.5 Å². The van der Waals surface area contributed by atoms with Gasteiger partial charge in [-0.25, -0.2) is 0 Å². The number of rotatable bonds is 4. The van der Waals surface area contributed by atoms with Gasteiger partial charge in [0.1, 0.15) is 0 Å². The summed E-state index contributed by atoms with van der Waals surface area (Å²) in [5.74, 6) is 0.849. The lowest BCUT2D eigenvalue weighted by molar-refractivity contribution is 0.121. The summed E-state index contributed by atoms with van der Waals surface area (Å²) in [5, 5.41) is 0. The van der Waals surface area contributed by atoms with Gasteiger partial charge in [0.15, 0.2) is 0 Å². The number of aromatic nitrogens is 1. The molecule has 18 heavy (non-hydrogen) atoms. The smallest absolute Gasteiger partial charge is 0.0471 e. The molecule has 3 heteroatoms. The Balaban J connectivity index is 2.07. The maximum Gasteiger partial charge on any atom is 0.0471 e. The van der Waals surface area contributed by atoms with Crippen molar-refractivity contribution in [3.63, 3.8) is 0 Å². The van der Waals surface area contributed by atoms with Gasteiger partial charge in [0.05, 0.1) is 0 Å². The molecule has 1 aliphatic carbocycles. The van der Waals surface area contributed by atoms with Gasteiger partial charge in [-0.2, -0.15) is 0 Å². The fraction of sp³-hybridized carbons (Fsp3) is 0.667. The molecule has 0 spiro atoms. The summed E-state index contributed by atoms with van der Waals surface area (Å²) in [4.78, 5) is 6.56. The number of hydrogen-bond donors (Lipinski definition) is 1. The number of nitrogens with two attached hydrogens (primary N) is 1. The van der Waals surface area contributed by atoms with Crippen LogP contribution in [0.3, 0.4) is 0 Å². The Morgan fingerprint density at radius 3 is 2.72 bits per heavy atom. The Labute approximate surface area is 110 Å². The molecule has 0 radical (unpaired) electrons. The predicted octanol–water partition coefficient (Wildman–Crippen LogP) is 2.59. The van der Waals surface area contributed by atoms with Gasteiger partial charge in [0.2, 0.25) is 0 Å². The molecule has 1 aliphatic rings. The second kappa shape index (κ2) is 6.30. The molecule has 1 heterocycles. The van der Waals surface area contributed by atoms with Gasteiger partial charge in [-0.15, -0.1) is 0 Å². The number of pyridine rings is 1. The highest BCUT2D eigenvalue weighted by molar-refractivity contribution is 5.15. The monoisotopic (exact) mass is 247 g/mol. The summed E-state index contributed by atoms with van der Waals surface area (Å²) >= 11 is 0. The summed E-state index contributed by atoms with van der Waals surface area (Å²) in [5.41, 5.74) is 7.27. The van der Waals surface area contributed by atoms with Crippen molar-refractivity contribution in [2.75, 3.05) is 13.6 Å². The fourth-order valence-corrected chi connectivity index (χ4v) is 3.15. The van der Waals surface area contributed by atoms with E-state index in [2.05, 4.69) is 36.0 Å². The van der Waals surface area contributed by atoms with Crippen molar-refractivity contribution in [2.24, 2.45) is 11.7 Å². The van der Waals surface area contributed by atoms with E-state index in [4.69, 9.17) is 5.73 Å². The highest BCUT2D eigenvalue weighted by Gasteiger charge is 2.27. The van der Waals surface area contributed by atoms with E-state index in [1.54, 1.807) is 0 Å². The molecule has 3 unspecified atom stereocenters. The van der Waals surface area contributed by atoms with Crippen molar-refractivity contribution in [3.8, 4) is 0 Å². The first-order valence-corrected chi connectivity index (χ1v) is 7.04. The van der Waals surface area contributed by atoms with Crippen molar-refractivity contribution < 1.29 is 0 Å². The predicted molar refractivity (Wildman–Crippen MR) is 75.2 cm³/mol. The maximum absolute atomic E-state index is 5.98. The van der Waals surface area contributed by atoms with Gasteiger partial charge in [0.25, 0.3) is 0 Å². The zero-order valence-corrected chi connectivity index (χ0v) is 11.5. The summed E-state index contributed by atoms with van der Waals surface area (Å²) in [6.45, 7) is 3.04. The molecular weight excluding hydrogens is 222 g/mol. The van der Waals surface area contributed by atoms with Crippen molar-refractivity contribution in [3.05, 3.63) is 30.1 Å². The van der Waals surface area contributed by atoms with Crippen molar-refractivity contribution in [1.82, 2.24) is 9.88 Å². The summed E-state index contributed by atoms with van der Waals surface area (Å²) in [7, 11) is 2.22. The number of hydrogen-bond acceptors (Lipinski definition) is 3. The van der Waals surface area contributed by atoms with E-state index in [1.807, 2.05) is 12.4 Å². The SMILES string of the molecule is CC1CCCC(N(C)C(CN)c2ccncc2)C1. The van der Waals surface area contributed by atoms with Crippen LogP contribution in [0.4, 0.5) is 0 Å². The molecule has 0 amide bonds. The molecule has 3 nitrogen and oxygen atoms in total. The minimum atomic E-state index is 0.322. The van der Waals surface area contributed by atoms with E-state index in [-0.39, 0.29) is 0 Å². The van der Waals surface area contributed by atoms with Crippen LogP contribution in [0.1, 0.15) is 44.2 Å². The highest BCUT2D eigenvalue weighted by atomic mass is 15.2. The summed E-state index contributed by atoms with van der Waals surface area (Å²) in [6.07, 6.45) is 9.06. The van der Waals surface area contributed by atoms with Crippen LogP contribution in [0.2, 0.25) is 0 Å². The first kappa shape index (κ1) is 13.5. The Kier molecular flexibility index (Phi) is 4.72. The molecule has 0 aromatic carbocycles. The molecule has 2 rings (SSSR count). The van der Waals surface area contributed by atoms with Gasteiger partial charge < -0.3 is 5.73 Å². The molecule has 3 atom stereocenters. The first-order valence-electron chi connectivity index (χ1n) is 7.04. The third-order valence-corrected chi connectivity index (χ3v) is 4.29. The van der Waals surface area contributed by atoms with Crippen LogP contribution < -0.4 is 5.73 Å². The van der Waals surface area contributed by atoms with E-state index >= 15 is 0 Å². The second-order valence-electron chi connectivity index (χ2n) is 5.62. The Morgan fingerprint density at radius 2 is 2.11 bits per heavy atom. The Bertz CT molecular complexity index is 352. The molecule has 1 fully saturated rings. The average molecular weight is 247 g/mol. The van der Waals surface area contributed by atoms with Crippen LogP contribution >= 0.6 is 0 Å². The fourth-order valence-electron chi connectivity index (χ4n) is 3.15. The van der Waals surface area contributed by atoms with Gasteiger partial charge in [-0.05, 0) is 43.5 Å². The minimum Gasteiger partial charge on any atom is -0.329 e. The van der Waals surface area contributed by atoms with Crippen molar-refractivity contribution in [1.29, 1.82) is 0 Å². The maximum atomic E-state index is 5.98. The van der Waals surface area contributed by atoms with Gasteiger partial charge >= 0.3 is 0 Å². The van der Waals surface area contributed by atoms with Crippen LogP contribution in [-0.2, 0) is 0 Å². The lowest BCUT2D eigenvalue weighted by Crippen LogP contribution is -2.41. The van der Waals surface area contributed by atoms with E-state index in [0.717, 1.165) is 5.92 Å². The van der Waals surface area contributed by atoms with Crippen LogP contribution in [0, 0.1) is 5.92 Å². The van der Waals surface area contributed by atoms with E-state index < -0.39 is 0 Å². The molecule has 2 N–H and O–H groups in total. The number of likely N-dealkylation sites (N-methyl/N-ethyl adjacent to an activating group) is 1. The van der Waals surface area contributed by atoms with Gasteiger partial charge in [-0.1, -0.05) is 19.8 Å². The topological polar surface area (TPSA) is 42.1 Å². The van der Waals surface area contributed by atoms with Crippen molar-refractivity contribution in [2.45, 2.75) is 44.7 Å². The normalized spacial score (nSPS) is 26.2. The molecule has 0 saturated heterocycles. The van der Waals surface area contributed by atoms with Gasteiger partial charge in [-0.3, -0.25) is 9.88 Å². The van der Waals surface area contributed by atoms with Gasteiger partial charge in [0, 0.05) is 31.0 Å². The molecule has 100 valence electrons. The van der Waals surface area contributed by atoms with Crippen LogP contribution in [-0.4, -0.2) is 29.5 Å². The standard InChI is InChI=1S/C15H25N3/c1-12-4-3-5-14(10-12)18(2)15(11-16)13-6-8-17-9-7-13/h6-9,12,14-15H,3-5,10-11,16H2,1-2H3. The lowest BCUT2D eigenvalue weighted by atomic mass is 9.85. The molecule has 0 bridgehead atoms. The first-order chi connectivity index (χ1) is 8.72. The Morgan fingerprint density at radius 1 is 1.39 bits per heavy atom. The third-order valence-electron chi connectivity index (χ3n) is 4.29. The summed E-state index contributed by atoms with van der Waals surface area (Å²) < 4.78 is 0. The Hall–Kier alpha value is -0.930. The quantitative estimate of drug-likeness (QED) is 0.889. The molecule has 1 saturated carbocycles. The number of nitrogens with zero attached hydrogens (tertiary/aromatic N) is 2. The summed E-state index contributed by atoms with van der Waals surface area (Å²) in [6, 6.07) is 5.17. The molecular formula is C15H25N3. The highest BCUT2D eigenvalue weighted by Crippen LogP contribution is 2.31. The molecule has 0 aliphatic heterocycles. The third kappa shape index (κ3) is 3.09. The van der Waals surface area contributed by atoms with E-state index in [1.165, 1.54) is 31.2 Å². The zero-order valence-electron chi connectivity index (χ0n) is 11.5. The van der Waals surface area contributed by atoms with E-state index in [9.17, 15) is 0 Å². The van der Waals surface area contributed by atoms with Crippen LogP contribution in [0.25, 0.3) is 0 Å². The molecule has 1 aromatic heterocycles. The second-order valence-corrected chi connectivity index (χ2v) is 5.62.